The molecule has 2 fully saturated rings. The van der Waals surface area contributed by atoms with Crippen LogP contribution in [0.15, 0.2) is 36.1 Å². The van der Waals surface area contributed by atoms with E-state index in [1.54, 1.807) is 27.4 Å². The summed E-state index contributed by atoms with van der Waals surface area (Å²) in [5.41, 5.74) is 0.222. The van der Waals surface area contributed by atoms with E-state index < -0.39 is 11.7 Å². The lowest BCUT2D eigenvalue weighted by molar-refractivity contribution is -0.268. The Labute approximate surface area is 202 Å². The molecule has 1 N–H and O–H groups in total. The predicted molar refractivity (Wildman–Crippen MR) is 125 cm³/mol. The maximum atomic E-state index is 11.0. The number of methoxy groups -OCH3 is 3. The van der Waals surface area contributed by atoms with Crippen LogP contribution >= 0.6 is 0 Å². The molecule has 3 heterocycles. The number of fused-ring (bicyclic) bond motifs is 1. The van der Waals surface area contributed by atoms with Crippen molar-refractivity contribution in [1.29, 1.82) is 0 Å². The average molecular weight is 479 g/mol. The first-order chi connectivity index (χ1) is 16.5. The van der Waals surface area contributed by atoms with Crippen molar-refractivity contribution in [1.82, 2.24) is 0 Å². The molecule has 4 rings (SSSR count). The van der Waals surface area contributed by atoms with E-state index in [1.807, 2.05) is 31.2 Å². The molecule has 0 aliphatic carbocycles. The molecule has 8 nitrogen and oxygen atoms in total. The fourth-order valence-electron chi connectivity index (χ4n) is 5.05. The summed E-state index contributed by atoms with van der Waals surface area (Å²) in [6.45, 7) is 3.48. The van der Waals surface area contributed by atoms with Gasteiger partial charge in [-0.25, -0.2) is 0 Å². The zero-order valence-corrected chi connectivity index (χ0v) is 20.6. The predicted octanol–water partition coefficient (Wildman–Crippen LogP) is 3.00. The molecule has 0 saturated carbocycles. The third kappa shape index (κ3) is 5.58. The van der Waals surface area contributed by atoms with Gasteiger partial charge in [-0.3, -0.25) is 0 Å². The van der Waals surface area contributed by atoms with Gasteiger partial charge in [0.15, 0.2) is 0 Å². The first-order valence-corrected chi connectivity index (χ1v) is 12.1. The van der Waals surface area contributed by atoms with Crippen molar-refractivity contribution in [3.8, 4) is 5.75 Å². The van der Waals surface area contributed by atoms with Crippen LogP contribution in [0.1, 0.15) is 38.2 Å². The Kier molecular flexibility index (Phi) is 8.50. The van der Waals surface area contributed by atoms with Crippen molar-refractivity contribution in [3.05, 3.63) is 41.7 Å². The average Bonchev–Trinajstić information content (AvgIpc) is 2.85. The normalized spacial score (nSPS) is 35.7. The van der Waals surface area contributed by atoms with Gasteiger partial charge in [0.25, 0.3) is 0 Å². The minimum atomic E-state index is -0.862. The Bertz CT molecular complexity index is 812. The SMILES string of the molecule is COC[C@H]1O[C@@]2(C)[C@H](O)C=C(C[C@H]3OCCC[C@@H]3OCc3ccc(OC)cc3)O[C@@H]2C[C@@H]1OC. The molecule has 0 radical (unpaired) electrons. The fourth-order valence-corrected chi connectivity index (χ4v) is 5.05. The van der Waals surface area contributed by atoms with Gasteiger partial charge in [-0.15, -0.1) is 0 Å². The van der Waals surface area contributed by atoms with Gasteiger partial charge in [-0.2, -0.15) is 0 Å². The van der Waals surface area contributed by atoms with E-state index in [1.165, 1.54) is 0 Å². The first kappa shape index (κ1) is 25.4. The molecule has 34 heavy (non-hydrogen) atoms. The van der Waals surface area contributed by atoms with Gasteiger partial charge < -0.3 is 38.3 Å². The molecule has 0 bridgehead atoms. The highest BCUT2D eigenvalue weighted by Gasteiger charge is 2.53. The number of benzene rings is 1. The summed E-state index contributed by atoms with van der Waals surface area (Å²) in [5.74, 6) is 1.54. The topological polar surface area (TPSA) is 84.8 Å². The second-order valence-electron chi connectivity index (χ2n) is 9.44. The zero-order chi connectivity index (χ0) is 24.1. The van der Waals surface area contributed by atoms with E-state index in [2.05, 4.69) is 0 Å². The van der Waals surface area contributed by atoms with Gasteiger partial charge in [-0.1, -0.05) is 12.1 Å². The van der Waals surface area contributed by atoms with Crippen molar-refractivity contribution < 1.29 is 38.3 Å². The molecule has 0 spiro atoms. The molecule has 190 valence electrons. The summed E-state index contributed by atoms with van der Waals surface area (Å²) in [4.78, 5) is 0. The molecular formula is C26H38O8. The summed E-state index contributed by atoms with van der Waals surface area (Å²) in [7, 11) is 4.95. The molecular weight excluding hydrogens is 440 g/mol. The maximum Gasteiger partial charge on any atom is 0.132 e. The van der Waals surface area contributed by atoms with Crippen LogP contribution in [-0.4, -0.2) is 81.9 Å². The lowest BCUT2D eigenvalue weighted by Crippen LogP contribution is -2.63. The van der Waals surface area contributed by atoms with Crippen molar-refractivity contribution in [3.63, 3.8) is 0 Å². The molecule has 7 atom stereocenters. The maximum absolute atomic E-state index is 11.0. The Morgan fingerprint density at radius 3 is 2.59 bits per heavy atom. The van der Waals surface area contributed by atoms with E-state index in [9.17, 15) is 5.11 Å². The smallest absolute Gasteiger partial charge is 0.132 e. The Morgan fingerprint density at radius 1 is 1.09 bits per heavy atom. The van der Waals surface area contributed by atoms with Crippen LogP contribution in [0.4, 0.5) is 0 Å². The van der Waals surface area contributed by atoms with Crippen molar-refractivity contribution >= 4 is 0 Å². The molecule has 8 heteroatoms. The Balaban J connectivity index is 1.40. The van der Waals surface area contributed by atoms with Gasteiger partial charge in [0.2, 0.25) is 0 Å². The third-order valence-corrected chi connectivity index (χ3v) is 7.17. The molecule has 1 aromatic carbocycles. The number of ether oxygens (including phenoxy) is 7. The van der Waals surface area contributed by atoms with E-state index >= 15 is 0 Å². The molecule has 3 aliphatic rings. The van der Waals surface area contributed by atoms with E-state index in [0.717, 1.165) is 24.2 Å². The van der Waals surface area contributed by atoms with Crippen LogP contribution in [0.25, 0.3) is 0 Å². The molecule has 0 aromatic heterocycles. The van der Waals surface area contributed by atoms with E-state index in [4.69, 9.17) is 33.2 Å². The molecule has 1 aromatic rings. The molecule has 0 unspecified atom stereocenters. The molecule has 3 aliphatic heterocycles. The first-order valence-electron chi connectivity index (χ1n) is 12.1. The number of rotatable bonds is 9. The Hall–Kier alpha value is -1.68. The highest BCUT2D eigenvalue weighted by Crippen LogP contribution is 2.41. The zero-order valence-electron chi connectivity index (χ0n) is 20.6. The summed E-state index contributed by atoms with van der Waals surface area (Å²) in [6, 6.07) is 7.88. The van der Waals surface area contributed by atoms with Gasteiger partial charge >= 0.3 is 0 Å². The molecule has 2 saturated heterocycles. The summed E-state index contributed by atoms with van der Waals surface area (Å²) >= 11 is 0. The minimum absolute atomic E-state index is 0.0498. The second-order valence-corrected chi connectivity index (χ2v) is 9.44. The standard InChI is InChI=1S/C26H38O8/c1-26-24(27)13-19(33-25(26)14-21(30-4)23(34-26)16-28-2)12-22-20(6-5-11-31-22)32-15-17-7-9-18(29-3)10-8-17/h7-10,13,20-25,27H,5-6,11-12,14-16H2,1-4H3/t20-,21-,22+,23+,24+,25+,26-/m0/s1. The monoisotopic (exact) mass is 478 g/mol. The van der Waals surface area contributed by atoms with Crippen LogP contribution in [0.3, 0.4) is 0 Å². The van der Waals surface area contributed by atoms with Crippen LogP contribution in [0.5, 0.6) is 5.75 Å². The van der Waals surface area contributed by atoms with Crippen LogP contribution in [0, 0.1) is 0 Å². The van der Waals surface area contributed by atoms with Crippen molar-refractivity contribution in [2.45, 2.75) is 81.4 Å². The number of hydrogen-bond acceptors (Lipinski definition) is 8. The van der Waals surface area contributed by atoms with Crippen LogP contribution in [-0.2, 0) is 35.0 Å². The number of aliphatic hydroxyl groups excluding tert-OH is 1. The Morgan fingerprint density at radius 2 is 1.88 bits per heavy atom. The van der Waals surface area contributed by atoms with Gasteiger partial charge in [0.05, 0.1) is 44.4 Å². The quantitative estimate of drug-likeness (QED) is 0.580. The number of aliphatic hydroxyl groups is 1. The lowest BCUT2D eigenvalue weighted by atomic mass is 9.81. The van der Waals surface area contributed by atoms with Gasteiger partial charge in [0, 0.05) is 33.7 Å². The second kappa shape index (κ2) is 11.4. The lowest BCUT2D eigenvalue weighted by Gasteiger charge is -2.51. The number of hydrogen-bond donors (Lipinski definition) is 1. The van der Waals surface area contributed by atoms with E-state index in [-0.39, 0.29) is 30.5 Å². The van der Waals surface area contributed by atoms with Crippen LogP contribution < -0.4 is 4.74 Å². The summed E-state index contributed by atoms with van der Waals surface area (Å²) in [5, 5.41) is 11.0. The van der Waals surface area contributed by atoms with Crippen molar-refractivity contribution in [2.75, 3.05) is 34.5 Å². The van der Waals surface area contributed by atoms with Gasteiger partial charge in [0.1, 0.15) is 29.7 Å². The fraction of sp³-hybridized carbons (Fsp3) is 0.692. The minimum Gasteiger partial charge on any atom is -0.497 e. The van der Waals surface area contributed by atoms with Gasteiger partial charge in [-0.05, 0) is 43.5 Å². The third-order valence-electron chi connectivity index (χ3n) is 7.17. The highest BCUT2D eigenvalue weighted by molar-refractivity contribution is 5.26. The highest BCUT2D eigenvalue weighted by atomic mass is 16.6. The van der Waals surface area contributed by atoms with E-state index in [0.29, 0.717) is 38.4 Å². The summed E-state index contributed by atoms with van der Waals surface area (Å²) < 4.78 is 41.1. The largest absolute Gasteiger partial charge is 0.497 e. The summed E-state index contributed by atoms with van der Waals surface area (Å²) in [6.07, 6.45) is 3.02. The molecule has 0 amide bonds. The van der Waals surface area contributed by atoms with Crippen LogP contribution in [0.2, 0.25) is 0 Å². The van der Waals surface area contributed by atoms with Crippen molar-refractivity contribution in [2.24, 2.45) is 0 Å².